The molecule has 0 aromatic carbocycles. The van der Waals surface area contributed by atoms with E-state index in [1.807, 2.05) is 50.0 Å². The molecule has 0 bridgehead atoms. The van der Waals surface area contributed by atoms with Crippen LogP contribution in [0.5, 0.6) is 0 Å². The average molecular weight is 221 g/mol. The Morgan fingerprint density at radius 1 is 1.00 bits per heavy atom. The fourth-order valence-corrected chi connectivity index (χ4v) is 0.340. The van der Waals surface area contributed by atoms with Gasteiger partial charge in [0, 0.05) is 0 Å². The van der Waals surface area contributed by atoms with Gasteiger partial charge in [0.05, 0.1) is 0 Å². The van der Waals surface area contributed by atoms with Gasteiger partial charge in [-0.2, -0.15) is 0 Å². The fraction of sp³-hybridized carbons (Fsp3) is 0.200. The molecule has 0 N–H and O–H groups in total. The van der Waals surface area contributed by atoms with Gasteiger partial charge in [-0.3, -0.25) is 0 Å². The number of halogens is 3. The molecule has 0 amide bonds. The molecule has 0 saturated carbocycles. The summed E-state index contributed by atoms with van der Waals surface area (Å²) in [7, 11) is 0. The molecule has 52 valence electrons. The maximum absolute atomic E-state index is 2.00. The van der Waals surface area contributed by atoms with Crippen LogP contribution < -0.4 is 37.2 Å². The van der Waals surface area contributed by atoms with E-state index in [-0.39, 0.29) is 37.2 Å². The summed E-state index contributed by atoms with van der Waals surface area (Å²) in [6, 6.07) is 0. The van der Waals surface area contributed by atoms with E-state index in [0.29, 0.717) is 0 Å². The van der Waals surface area contributed by atoms with E-state index >= 15 is 0 Å². The number of hydrogen-bond acceptors (Lipinski definition) is 0. The molecule has 0 fully saturated rings. The molecule has 0 saturated heterocycles. The Balaban J connectivity index is -0.0000000417. The third-order valence-electron chi connectivity index (χ3n) is 0.400. The first-order chi connectivity index (χ1) is 2.91. The van der Waals surface area contributed by atoms with Crippen LogP contribution in [0.25, 0.3) is 0 Å². The van der Waals surface area contributed by atoms with Gasteiger partial charge in [0.15, 0.2) is 0 Å². The van der Waals surface area contributed by atoms with Crippen LogP contribution in [0.2, 0.25) is 0 Å². The molecule has 0 aliphatic heterocycles. The predicted molar refractivity (Wildman–Crippen MR) is 24.0 cm³/mol. The molecule has 0 aliphatic rings. The Kier molecular flexibility index (Phi) is 57.4. The zero-order valence-electron chi connectivity index (χ0n) is 4.94. The summed E-state index contributed by atoms with van der Waals surface area (Å²) < 4.78 is 2.00. The van der Waals surface area contributed by atoms with Crippen LogP contribution in [-0.2, 0) is 20.4 Å². The van der Waals surface area contributed by atoms with Crippen molar-refractivity contribution in [3.05, 3.63) is 22.6 Å². The molecule has 0 radical (unpaired) electrons. The van der Waals surface area contributed by atoms with Crippen LogP contribution in [-0.4, -0.2) is 0 Å². The Bertz CT molecular complexity index is 60.6. The van der Waals surface area contributed by atoms with E-state index in [1.54, 1.807) is 0 Å². The first kappa shape index (κ1) is 22.5. The standard InChI is InChI=1S/C5H7.3ClH.Ti/c1-3-5-4-2;;;;/h1,3-5H,2H3;3*1H;/q;;;;+3/p-3/b3-1?,5-4+;;;;. The van der Waals surface area contributed by atoms with Crippen LogP contribution >= 0.6 is 0 Å². The van der Waals surface area contributed by atoms with Crippen LogP contribution in [0, 0.1) is 0 Å². The number of allylic oxidation sites excluding steroid dienone is 3. The van der Waals surface area contributed by atoms with Gasteiger partial charge in [-0.25, -0.2) is 0 Å². The van der Waals surface area contributed by atoms with Gasteiger partial charge in [-0.15, -0.1) is 0 Å². The molecule has 9 heavy (non-hydrogen) atoms. The largest absolute Gasteiger partial charge is 1.00 e. The minimum atomic E-state index is 0. The third-order valence-corrected chi connectivity index (χ3v) is 0.700. The van der Waals surface area contributed by atoms with Gasteiger partial charge in [0.2, 0.25) is 0 Å². The minimum Gasteiger partial charge on any atom is -1.00 e. The second-order valence-electron chi connectivity index (χ2n) is 0.885. The Hall–Kier alpha value is 1.06. The third kappa shape index (κ3) is 27.4. The number of rotatable bonds is 1. The van der Waals surface area contributed by atoms with Crippen molar-refractivity contribution in [1.82, 2.24) is 0 Å². The van der Waals surface area contributed by atoms with Crippen molar-refractivity contribution in [1.29, 1.82) is 0 Å². The Morgan fingerprint density at radius 2 is 1.44 bits per heavy atom. The summed E-state index contributed by atoms with van der Waals surface area (Å²) in [5.74, 6) is 0. The van der Waals surface area contributed by atoms with Crippen molar-refractivity contribution < 1.29 is 57.7 Å². The van der Waals surface area contributed by atoms with E-state index in [0.717, 1.165) is 0 Å². The number of hydrogen-bond donors (Lipinski definition) is 0. The summed E-state index contributed by atoms with van der Waals surface area (Å²) in [4.78, 5) is 0. The van der Waals surface area contributed by atoms with Crippen molar-refractivity contribution in [3.63, 3.8) is 0 Å². The van der Waals surface area contributed by atoms with Crippen LogP contribution in [0.1, 0.15) is 6.92 Å². The van der Waals surface area contributed by atoms with Crippen LogP contribution in [0.15, 0.2) is 22.6 Å². The summed E-state index contributed by atoms with van der Waals surface area (Å²) >= 11 is 2.00. The molecular formula is C5H7Cl3Ti. The molecule has 4 heteroatoms. The maximum Gasteiger partial charge on any atom is -1.00 e. The second-order valence-corrected chi connectivity index (χ2v) is 1.41. The van der Waals surface area contributed by atoms with Gasteiger partial charge in [0.25, 0.3) is 0 Å². The predicted octanol–water partition coefficient (Wildman–Crippen LogP) is -7.37. The van der Waals surface area contributed by atoms with Gasteiger partial charge < -0.3 is 37.2 Å². The zero-order valence-corrected chi connectivity index (χ0v) is 8.77. The quantitative estimate of drug-likeness (QED) is 0.305. The first-order valence-electron chi connectivity index (χ1n) is 1.87. The van der Waals surface area contributed by atoms with Crippen molar-refractivity contribution in [3.8, 4) is 0 Å². The molecular weight excluding hydrogens is 214 g/mol. The summed E-state index contributed by atoms with van der Waals surface area (Å²) in [6.07, 6.45) is 6.00. The van der Waals surface area contributed by atoms with Gasteiger partial charge in [0.1, 0.15) is 0 Å². The Labute approximate surface area is 86.8 Å². The fourth-order valence-electron chi connectivity index (χ4n) is 0.167. The normalized spacial score (nSPS) is 7.89. The molecule has 0 aromatic heterocycles. The van der Waals surface area contributed by atoms with Crippen LogP contribution in [0.3, 0.4) is 0 Å². The summed E-state index contributed by atoms with van der Waals surface area (Å²) in [5, 5.41) is 0. The zero-order chi connectivity index (χ0) is 4.83. The van der Waals surface area contributed by atoms with E-state index in [9.17, 15) is 0 Å². The van der Waals surface area contributed by atoms with Crippen LogP contribution in [0.4, 0.5) is 0 Å². The summed E-state index contributed by atoms with van der Waals surface area (Å²) in [6.45, 7) is 2.00. The summed E-state index contributed by atoms with van der Waals surface area (Å²) in [5.41, 5.74) is 0. The molecule has 0 nitrogen and oxygen atoms in total. The van der Waals surface area contributed by atoms with Crippen molar-refractivity contribution in [2.45, 2.75) is 6.92 Å². The SMILES string of the molecule is C/C=C/C=[CH]/[Ti+3].[Cl-].[Cl-].[Cl-]. The molecule has 0 unspecified atom stereocenters. The van der Waals surface area contributed by atoms with Gasteiger partial charge >= 0.3 is 50.0 Å². The van der Waals surface area contributed by atoms with E-state index in [1.165, 1.54) is 0 Å². The molecule has 0 spiro atoms. The molecule has 0 aromatic rings. The van der Waals surface area contributed by atoms with E-state index < -0.39 is 0 Å². The van der Waals surface area contributed by atoms with Gasteiger partial charge in [-0.05, 0) is 0 Å². The molecule has 0 rings (SSSR count). The molecule has 0 aliphatic carbocycles. The molecule has 0 atom stereocenters. The van der Waals surface area contributed by atoms with Gasteiger partial charge in [-0.1, -0.05) is 0 Å². The van der Waals surface area contributed by atoms with Crippen molar-refractivity contribution >= 4 is 0 Å². The van der Waals surface area contributed by atoms with E-state index in [4.69, 9.17) is 0 Å². The Morgan fingerprint density at radius 3 is 1.56 bits per heavy atom. The van der Waals surface area contributed by atoms with Crippen molar-refractivity contribution in [2.24, 2.45) is 0 Å². The minimum absolute atomic E-state index is 0. The smallest absolute Gasteiger partial charge is 1.00 e. The topological polar surface area (TPSA) is 0 Å². The first-order valence-corrected chi connectivity index (χ1v) is 2.77. The maximum atomic E-state index is 2.00. The van der Waals surface area contributed by atoms with E-state index in [2.05, 4.69) is 0 Å². The van der Waals surface area contributed by atoms with Crippen molar-refractivity contribution in [2.75, 3.05) is 0 Å². The average Bonchev–Trinajstić information content (AvgIpc) is 1.61. The monoisotopic (exact) mass is 220 g/mol. The second kappa shape index (κ2) is 23.0. The molecule has 0 heterocycles.